The molecule has 0 radical (unpaired) electrons. The molecule has 0 unspecified atom stereocenters. The van der Waals surface area contributed by atoms with Crippen molar-refractivity contribution < 1.29 is 14.3 Å². The third-order valence-corrected chi connectivity index (χ3v) is 5.41. The Morgan fingerprint density at radius 1 is 0.939 bits per heavy atom. The maximum Gasteiger partial charge on any atom is 0.257 e. The van der Waals surface area contributed by atoms with Crippen LogP contribution in [0.4, 0.5) is 5.69 Å². The van der Waals surface area contributed by atoms with Gasteiger partial charge in [0.05, 0.1) is 11.1 Å². The van der Waals surface area contributed by atoms with E-state index in [1.54, 1.807) is 42.5 Å². The summed E-state index contributed by atoms with van der Waals surface area (Å²) >= 11 is 8.67. The SMILES string of the molecule is CCCOc1ccc(C(=O)NC(=S)Nc2ccc(C(=O)NCc3ccccc3)cc2)cc1Br. The first-order valence-corrected chi connectivity index (χ1v) is 11.6. The predicted molar refractivity (Wildman–Crippen MR) is 138 cm³/mol. The molecule has 0 heterocycles. The van der Waals surface area contributed by atoms with Crippen molar-refractivity contribution in [3.63, 3.8) is 0 Å². The normalized spacial score (nSPS) is 10.2. The number of benzene rings is 3. The number of carbonyl (C=O) groups excluding carboxylic acids is 2. The fourth-order valence-electron chi connectivity index (χ4n) is 2.89. The monoisotopic (exact) mass is 525 g/mol. The summed E-state index contributed by atoms with van der Waals surface area (Å²) < 4.78 is 6.30. The van der Waals surface area contributed by atoms with E-state index in [0.29, 0.717) is 40.2 Å². The van der Waals surface area contributed by atoms with Gasteiger partial charge in [-0.05, 0) is 82.6 Å². The van der Waals surface area contributed by atoms with E-state index in [-0.39, 0.29) is 16.9 Å². The highest BCUT2D eigenvalue weighted by Gasteiger charge is 2.12. The summed E-state index contributed by atoms with van der Waals surface area (Å²) in [6.45, 7) is 3.08. The van der Waals surface area contributed by atoms with E-state index in [4.69, 9.17) is 17.0 Å². The number of carbonyl (C=O) groups is 2. The average molecular weight is 526 g/mol. The van der Waals surface area contributed by atoms with Crippen LogP contribution in [-0.2, 0) is 6.54 Å². The summed E-state index contributed by atoms with van der Waals surface area (Å²) in [5.41, 5.74) is 2.66. The van der Waals surface area contributed by atoms with Gasteiger partial charge in [0.25, 0.3) is 11.8 Å². The van der Waals surface area contributed by atoms with Crippen molar-refractivity contribution in [1.82, 2.24) is 10.6 Å². The molecule has 6 nitrogen and oxygen atoms in total. The van der Waals surface area contributed by atoms with Gasteiger partial charge in [-0.2, -0.15) is 0 Å². The molecule has 3 aromatic carbocycles. The summed E-state index contributed by atoms with van der Waals surface area (Å²) in [7, 11) is 0. The highest BCUT2D eigenvalue weighted by Crippen LogP contribution is 2.26. The lowest BCUT2D eigenvalue weighted by Crippen LogP contribution is -2.34. The largest absolute Gasteiger partial charge is 0.492 e. The van der Waals surface area contributed by atoms with Crippen LogP contribution in [0.1, 0.15) is 39.6 Å². The van der Waals surface area contributed by atoms with Crippen molar-refractivity contribution in [2.45, 2.75) is 19.9 Å². The number of ether oxygens (including phenoxy) is 1. The molecule has 3 rings (SSSR count). The maximum atomic E-state index is 12.5. The molecule has 0 aromatic heterocycles. The second-order valence-corrected chi connectivity index (χ2v) is 8.41. The van der Waals surface area contributed by atoms with Crippen LogP contribution in [0.25, 0.3) is 0 Å². The third-order valence-electron chi connectivity index (χ3n) is 4.58. The number of hydrogen-bond acceptors (Lipinski definition) is 4. The Hall–Kier alpha value is -3.23. The van der Waals surface area contributed by atoms with Gasteiger partial charge >= 0.3 is 0 Å². The summed E-state index contributed by atoms with van der Waals surface area (Å²) in [5.74, 6) is 0.173. The van der Waals surface area contributed by atoms with Crippen LogP contribution < -0.4 is 20.7 Å². The molecule has 0 saturated heterocycles. The van der Waals surface area contributed by atoms with E-state index in [1.807, 2.05) is 37.3 Å². The van der Waals surface area contributed by atoms with Crippen LogP contribution in [0.2, 0.25) is 0 Å². The van der Waals surface area contributed by atoms with Crippen molar-refractivity contribution in [3.8, 4) is 5.75 Å². The van der Waals surface area contributed by atoms with Crippen LogP contribution in [0.15, 0.2) is 77.3 Å². The molecule has 0 bridgehead atoms. The van der Waals surface area contributed by atoms with Gasteiger partial charge in [0.2, 0.25) is 0 Å². The molecule has 0 saturated carbocycles. The number of halogens is 1. The number of hydrogen-bond donors (Lipinski definition) is 3. The van der Waals surface area contributed by atoms with Gasteiger partial charge in [0.1, 0.15) is 5.75 Å². The predicted octanol–water partition coefficient (Wildman–Crippen LogP) is 5.29. The second kappa shape index (κ2) is 12.1. The first-order valence-electron chi connectivity index (χ1n) is 10.4. The van der Waals surface area contributed by atoms with Crippen molar-refractivity contribution in [3.05, 3.63) is 94.0 Å². The lowest BCUT2D eigenvalue weighted by Gasteiger charge is -2.12. The van der Waals surface area contributed by atoms with E-state index in [9.17, 15) is 9.59 Å². The quantitative estimate of drug-likeness (QED) is 0.348. The molecule has 0 aliphatic carbocycles. The number of anilines is 1. The molecular formula is C25H24BrN3O3S. The molecule has 0 aliphatic rings. The Morgan fingerprint density at radius 3 is 2.30 bits per heavy atom. The summed E-state index contributed by atoms with van der Waals surface area (Å²) in [4.78, 5) is 24.8. The molecule has 2 amide bonds. The smallest absolute Gasteiger partial charge is 0.257 e. The van der Waals surface area contributed by atoms with Crippen LogP contribution in [-0.4, -0.2) is 23.5 Å². The minimum absolute atomic E-state index is 0.156. The van der Waals surface area contributed by atoms with Gasteiger partial charge in [0.15, 0.2) is 5.11 Å². The lowest BCUT2D eigenvalue weighted by atomic mass is 10.1. The van der Waals surface area contributed by atoms with Crippen molar-refractivity contribution in [2.75, 3.05) is 11.9 Å². The number of nitrogens with one attached hydrogen (secondary N) is 3. The van der Waals surface area contributed by atoms with Gasteiger partial charge in [-0.25, -0.2) is 0 Å². The van der Waals surface area contributed by atoms with Crippen LogP contribution in [0.3, 0.4) is 0 Å². The number of amides is 2. The van der Waals surface area contributed by atoms with Crippen molar-refractivity contribution in [2.24, 2.45) is 0 Å². The maximum absolute atomic E-state index is 12.5. The zero-order chi connectivity index (χ0) is 23.6. The average Bonchev–Trinajstić information content (AvgIpc) is 2.82. The molecule has 0 fully saturated rings. The summed E-state index contributed by atoms with van der Waals surface area (Å²) in [5, 5.41) is 8.64. The number of rotatable bonds is 8. The zero-order valence-corrected chi connectivity index (χ0v) is 20.5. The fraction of sp³-hybridized carbons (Fsp3) is 0.160. The van der Waals surface area contributed by atoms with Crippen molar-refractivity contribution in [1.29, 1.82) is 0 Å². The van der Waals surface area contributed by atoms with E-state index in [1.165, 1.54) is 0 Å². The van der Waals surface area contributed by atoms with Gasteiger partial charge in [0, 0.05) is 23.4 Å². The van der Waals surface area contributed by atoms with E-state index < -0.39 is 0 Å². The Balaban J connectivity index is 1.51. The zero-order valence-electron chi connectivity index (χ0n) is 18.1. The molecule has 3 aromatic rings. The molecular weight excluding hydrogens is 502 g/mol. The molecule has 0 spiro atoms. The van der Waals surface area contributed by atoms with Crippen LogP contribution in [0, 0.1) is 0 Å². The van der Waals surface area contributed by atoms with Gasteiger partial charge in [-0.1, -0.05) is 37.3 Å². The van der Waals surface area contributed by atoms with Crippen LogP contribution >= 0.6 is 28.1 Å². The summed E-state index contributed by atoms with van der Waals surface area (Å²) in [6.07, 6.45) is 0.897. The minimum Gasteiger partial charge on any atom is -0.492 e. The van der Waals surface area contributed by atoms with Crippen LogP contribution in [0.5, 0.6) is 5.75 Å². The second-order valence-electron chi connectivity index (χ2n) is 7.15. The van der Waals surface area contributed by atoms with E-state index >= 15 is 0 Å². The standard InChI is InChI=1S/C25H24BrN3O3S/c1-2-14-32-22-13-10-19(15-21(22)26)24(31)29-25(33)28-20-11-8-18(9-12-20)23(30)27-16-17-6-4-3-5-7-17/h3-13,15H,2,14,16H2,1H3,(H,27,30)(H2,28,29,31,33). The van der Waals surface area contributed by atoms with E-state index in [0.717, 1.165) is 12.0 Å². The molecule has 0 aliphatic heterocycles. The fourth-order valence-corrected chi connectivity index (χ4v) is 3.60. The topological polar surface area (TPSA) is 79.5 Å². The van der Waals surface area contributed by atoms with Gasteiger partial charge in [-0.15, -0.1) is 0 Å². The first-order chi connectivity index (χ1) is 16.0. The van der Waals surface area contributed by atoms with Crippen molar-refractivity contribution >= 4 is 50.8 Å². The Kier molecular flexibility index (Phi) is 8.97. The molecule has 0 atom stereocenters. The Labute approximate surface area is 206 Å². The minimum atomic E-state index is -0.341. The molecule has 33 heavy (non-hydrogen) atoms. The molecule has 8 heteroatoms. The summed E-state index contributed by atoms with van der Waals surface area (Å²) in [6, 6.07) is 21.7. The highest BCUT2D eigenvalue weighted by molar-refractivity contribution is 9.10. The van der Waals surface area contributed by atoms with Gasteiger partial charge in [-0.3, -0.25) is 14.9 Å². The highest BCUT2D eigenvalue weighted by atomic mass is 79.9. The Bertz CT molecular complexity index is 1120. The molecule has 3 N–H and O–H groups in total. The lowest BCUT2D eigenvalue weighted by molar-refractivity contribution is 0.0948. The number of thiocarbonyl (C=S) groups is 1. The first kappa shape index (κ1) is 24.4. The van der Waals surface area contributed by atoms with E-state index in [2.05, 4.69) is 31.9 Å². The van der Waals surface area contributed by atoms with Gasteiger partial charge < -0.3 is 15.4 Å². The Morgan fingerprint density at radius 2 is 1.64 bits per heavy atom. The molecule has 170 valence electrons. The third kappa shape index (κ3) is 7.40.